The van der Waals surface area contributed by atoms with Crippen LogP contribution in [0, 0.1) is 0 Å². The summed E-state index contributed by atoms with van der Waals surface area (Å²) in [7, 11) is 1.40. The van der Waals surface area contributed by atoms with Crippen molar-refractivity contribution in [2.45, 2.75) is 6.18 Å². The van der Waals surface area contributed by atoms with Gasteiger partial charge in [-0.2, -0.15) is 13.2 Å². The van der Waals surface area contributed by atoms with Gasteiger partial charge in [0.15, 0.2) is 5.78 Å². The van der Waals surface area contributed by atoms with E-state index in [1.807, 2.05) is 0 Å². The Morgan fingerprint density at radius 1 is 1.14 bits per heavy atom. The number of halogens is 4. The van der Waals surface area contributed by atoms with E-state index in [2.05, 4.69) is 15.9 Å². The molecule has 2 rings (SSSR count). The SMILES string of the molecule is COc1ccccc1C(=O)c1ccc(Br)c(C(F)(F)F)c1. The first kappa shape index (κ1) is 15.6. The highest BCUT2D eigenvalue weighted by Gasteiger charge is 2.33. The van der Waals surface area contributed by atoms with Crippen molar-refractivity contribution in [2.24, 2.45) is 0 Å². The molecule has 0 saturated heterocycles. The van der Waals surface area contributed by atoms with E-state index in [1.54, 1.807) is 18.2 Å². The molecule has 0 N–H and O–H groups in total. The van der Waals surface area contributed by atoms with Crippen LogP contribution in [0.1, 0.15) is 21.5 Å². The maximum atomic E-state index is 12.9. The highest BCUT2D eigenvalue weighted by atomic mass is 79.9. The molecule has 21 heavy (non-hydrogen) atoms. The van der Waals surface area contributed by atoms with Crippen molar-refractivity contribution in [3.63, 3.8) is 0 Å². The molecule has 0 unspecified atom stereocenters. The second-order valence-corrected chi connectivity index (χ2v) is 5.08. The van der Waals surface area contributed by atoms with Crippen molar-refractivity contribution in [3.05, 3.63) is 63.6 Å². The number of carbonyl (C=O) groups is 1. The van der Waals surface area contributed by atoms with Crippen molar-refractivity contribution in [1.29, 1.82) is 0 Å². The summed E-state index contributed by atoms with van der Waals surface area (Å²) >= 11 is 2.84. The number of ketones is 1. The average molecular weight is 359 g/mol. The number of hydrogen-bond acceptors (Lipinski definition) is 2. The zero-order valence-corrected chi connectivity index (χ0v) is 12.5. The van der Waals surface area contributed by atoms with Crippen LogP contribution in [0.5, 0.6) is 5.75 Å². The lowest BCUT2D eigenvalue weighted by Gasteiger charge is -2.12. The first-order valence-corrected chi connectivity index (χ1v) is 6.68. The van der Waals surface area contributed by atoms with Gasteiger partial charge in [0.25, 0.3) is 0 Å². The number of hydrogen-bond donors (Lipinski definition) is 0. The molecule has 0 amide bonds. The van der Waals surface area contributed by atoms with E-state index in [-0.39, 0.29) is 15.6 Å². The Hall–Kier alpha value is -1.82. The molecule has 0 aliphatic carbocycles. The number of alkyl halides is 3. The van der Waals surface area contributed by atoms with Gasteiger partial charge in [-0.1, -0.05) is 28.1 Å². The van der Waals surface area contributed by atoms with Crippen LogP contribution in [0.3, 0.4) is 0 Å². The number of benzene rings is 2. The molecule has 0 saturated carbocycles. The minimum absolute atomic E-state index is 0.0463. The van der Waals surface area contributed by atoms with Gasteiger partial charge in [0.2, 0.25) is 0 Å². The fraction of sp³-hybridized carbons (Fsp3) is 0.133. The zero-order chi connectivity index (χ0) is 15.6. The lowest BCUT2D eigenvalue weighted by Crippen LogP contribution is -2.10. The van der Waals surface area contributed by atoms with Crippen LogP contribution < -0.4 is 4.74 Å². The Morgan fingerprint density at radius 3 is 2.43 bits per heavy atom. The van der Waals surface area contributed by atoms with Crippen LogP contribution >= 0.6 is 15.9 Å². The first-order chi connectivity index (χ1) is 9.84. The molecule has 2 aromatic rings. The van der Waals surface area contributed by atoms with Gasteiger partial charge in [-0.25, -0.2) is 0 Å². The van der Waals surface area contributed by atoms with E-state index in [4.69, 9.17) is 4.74 Å². The quantitative estimate of drug-likeness (QED) is 0.743. The van der Waals surface area contributed by atoms with Gasteiger partial charge < -0.3 is 4.74 Å². The van der Waals surface area contributed by atoms with E-state index in [1.165, 1.54) is 25.3 Å². The predicted octanol–water partition coefficient (Wildman–Crippen LogP) is 4.71. The van der Waals surface area contributed by atoms with E-state index in [0.717, 1.165) is 6.07 Å². The maximum Gasteiger partial charge on any atom is 0.417 e. The van der Waals surface area contributed by atoms with Crippen LogP contribution in [-0.4, -0.2) is 12.9 Å². The van der Waals surface area contributed by atoms with Gasteiger partial charge in [0, 0.05) is 10.0 Å². The minimum atomic E-state index is -4.53. The summed E-state index contributed by atoms with van der Waals surface area (Å²) in [4.78, 5) is 12.4. The van der Waals surface area contributed by atoms with Gasteiger partial charge in [-0.05, 0) is 30.3 Å². The molecular weight excluding hydrogens is 349 g/mol. The summed E-state index contributed by atoms with van der Waals surface area (Å²) in [5.41, 5.74) is -0.714. The monoisotopic (exact) mass is 358 g/mol. The molecule has 0 atom stereocenters. The second kappa shape index (κ2) is 5.89. The molecular formula is C15H10BrF3O2. The summed E-state index contributed by atoms with van der Waals surface area (Å²) in [5, 5.41) is 0. The third kappa shape index (κ3) is 3.26. The molecule has 110 valence electrons. The van der Waals surface area contributed by atoms with Crippen molar-refractivity contribution >= 4 is 21.7 Å². The summed E-state index contributed by atoms with van der Waals surface area (Å²) in [6.45, 7) is 0. The Morgan fingerprint density at radius 2 is 1.81 bits per heavy atom. The number of methoxy groups -OCH3 is 1. The topological polar surface area (TPSA) is 26.3 Å². The van der Waals surface area contributed by atoms with Crippen LogP contribution in [0.2, 0.25) is 0 Å². The van der Waals surface area contributed by atoms with E-state index in [0.29, 0.717) is 5.75 Å². The Balaban J connectivity index is 2.50. The third-order valence-corrected chi connectivity index (χ3v) is 3.58. The molecule has 2 nitrogen and oxygen atoms in total. The van der Waals surface area contributed by atoms with Crippen LogP contribution in [0.15, 0.2) is 46.9 Å². The fourth-order valence-electron chi connectivity index (χ4n) is 1.87. The largest absolute Gasteiger partial charge is 0.496 e. The molecule has 0 spiro atoms. The van der Waals surface area contributed by atoms with Gasteiger partial charge >= 0.3 is 6.18 Å². The maximum absolute atomic E-state index is 12.9. The molecule has 0 heterocycles. The first-order valence-electron chi connectivity index (χ1n) is 5.89. The van der Waals surface area contributed by atoms with Crippen LogP contribution in [-0.2, 0) is 6.18 Å². The second-order valence-electron chi connectivity index (χ2n) is 4.22. The van der Waals surface area contributed by atoms with E-state index < -0.39 is 17.5 Å². The summed E-state index contributed by atoms with van der Waals surface area (Å²) in [5.74, 6) is -0.204. The van der Waals surface area contributed by atoms with Crippen molar-refractivity contribution < 1.29 is 22.7 Å². The standard InChI is InChI=1S/C15H10BrF3O2/c1-21-13-5-3-2-4-10(13)14(20)9-6-7-12(16)11(8-9)15(17,18)19/h2-8H,1H3. The van der Waals surface area contributed by atoms with Gasteiger partial charge in [-0.3, -0.25) is 4.79 Å². The van der Waals surface area contributed by atoms with Crippen molar-refractivity contribution in [1.82, 2.24) is 0 Å². The lowest BCUT2D eigenvalue weighted by molar-refractivity contribution is -0.138. The minimum Gasteiger partial charge on any atom is -0.496 e. The van der Waals surface area contributed by atoms with E-state index >= 15 is 0 Å². The molecule has 2 aromatic carbocycles. The summed E-state index contributed by atoms with van der Waals surface area (Å²) in [6.07, 6.45) is -4.53. The Labute approximate surface area is 127 Å². The Bertz CT molecular complexity index is 681. The molecule has 0 radical (unpaired) electrons. The Kier molecular flexibility index (Phi) is 4.37. The number of rotatable bonds is 3. The molecule has 0 aliphatic heterocycles. The molecule has 6 heteroatoms. The average Bonchev–Trinajstić information content (AvgIpc) is 2.45. The normalized spacial score (nSPS) is 11.3. The molecule has 0 fully saturated rings. The summed E-state index contributed by atoms with van der Waals surface area (Å²) < 4.78 is 43.6. The predicted molar refractivity (Wildman–Crippen MR) is 75.6 cm³/mol. The third-order valence-electron chi connectivity index (χ3n) is 2.89. The van der Waals surface area contributed by atoms with E-state index in [9.17, 15) is 18.0 Å². The van der Waals surface area contributed by atoms with Crippen LogP contribution in [0.25, 0.3) is 0 Å². The molecule has 0 aliphatic rings. The molecule has 0 bridgehead atoms. The zero-order valence-electron chi connectivity index (χ0n) is 10.9. The molecule has 0 aromatic heterocycles. The van der Waals surface area contributed by atoms with Crippen LogP contribution in [0.4, 0.5) is 13.2 Å². The highest BCUT2D eigenvalue weighted by molar-refractivity contribution is 9.10. The number of ether oxygens (including phenoxy) is 1. The van der Waals surface area contributed by atoms with Crippen molar-refractivity contribution in [2.75, 3.05) is 7.11 Å². The lowest BCUT2D eigenvalue weighted by atomic mass is 10.0. The van der Waals surface area contributed by atoms with Gasteiger partial charge in [0.05, 0.1) is 18.2 Å². The van der Waals surface area contributed by atoms with Gasteiger partial charge in [0.1, 0.15) is 5.75 Å². The summed E-state index contributed by atoms with van der Waals surface area (Å²) in [6, 6.07) is 9.78. The number of para-hydroxylation sites is 1. The number of carbonyl (C=O) groups excluding carboxylic acids is 1. The highest BCUT2D eigenvalue weighted by Crippen LogP contribution is 2.36. The fourth-order valence-corrected chi connectivity index (χ4v) is 2.34. The van der Waals surface area contributed by atoms with Crippen molar-refractivity contribution in [3.8, 4) is 5.75 Å². The van der Waals surface area contributed by atoms with Gasteiger partial charge in [-0.15, -0.1) is 0 Å². The smallest absolute Gasteiger partial charge is 0.417 e.